The molecule has 116 valence electrons. The molecule has 0 N–H and O–H groups in total. The number of ether oxygens (including phenoxy) is 1. The summed E-state index contributed by atoms with van der Waals surface area (Å²) in [5, 5.41) is 0. The van der Waals surface area contributed by atoms with Gasteiger partial charge in [-0.25, -0.2) is 0 Å². The zero-order valence-electron chi connectivity index (χ0n) is 12.6. The van der Waals surface area contributed by atoms with Crippen molar-refractivity contribution >= 4 is 18.4 Å². The van der Waals surface area contributed by atoms with E-state index in [-0.39, 0.29) is 0 Å². The first kappa shape index (κ1) is 16.3. The Morgan fingerprint density at radius 2 is 1.65 bits per heavy atom. The number of likely N-dealkylation sites (tertiary alicyclic amines) is 2. The first-order chi connectivity index (χ1) is 9.67. The van der Waals surface area contributed by atoms with E-state index in [9.17, 15) is 4.79 Å². The molecule has 2 aliphatic heterocycles. The number of piperidine rings is 2. The highest BCUT2D eigenvalue weighted by molar-refractivity contribution is 7.80. The van der Waals surface area contributed by atoms with Gasteiger partial charge < -0.3 is 9.64 Å². The number of carbonyl (C=O) groups excluding carboxylic acids is 1. The van der Waals surface area contributed by atoms with Crippen molar-refractivity contribution in [3.8, 4) is 0 Å². The lowest BCUT2D eigenvalue weighted by atomic mass is 10.0. The van der Waals surface area contributed by atoms with E-state index < -0.39 is 0 Å². The molecule has 2 heterocycles. The fraction of sp³-hybridized carbons (Fsp3) is 0.933. The summed E-state index contributed by atoms with van der Waals surface area (Å²) < 4.78 is 6.23. The van der Waals surface area contributed by atoms with Crippen molar-refractivity contribution in [2.45, 2.75) is 44.3 Å². The molecule has 2 aliphatic rings. The highest BCUT2D eigenvalue weighted by atomic mass is 32.1. The largest absolute Gasteiger partial charge is 0.375 e. The van der Waals surface area contributed by atoms with Crippen molar-refractivity contribution in [2.24, 2.45) is 0 Å². The maximum atomic E-state index is 11.6. The predicted octanol–water partition coefficient (Wildman–Crippen LogP) is 1.45. The SMILES string of the molecule is CN1CCC(OC2CCN(CC(=O)CCS)CC2)CC1. The normalized spacial score (nSPS) is 24.1. The molecule has 0 aromatic rings. The molecule has 0 aromatic carbocycles. The standard InChI is InChI=1S/C15H28N2O2S/c1-16-7-2-14(3-8-16)19-15-4-9-17(10-5-15)12-13(18)6-11-20/h14-15,20H,2-12H2,1H3. The number of ketones is 1. The number of rotatable bonds is 6. The molecule has 0 unspecified atom stereocenters. The van der Waals surface area contributed by atoms with Gasteiger partial charge in [0.2, 0.25) is 0 Å². The topological polar surface area (TPSA) is 32.8 Å². The Morgan fingerprint density at radius 3 is 2.20 bits per heavy atom. The zero-order valence-corrected chi connectivity index (χ0v) is 13.5. The highest BCUT2D eigenvalue weighted by Gasteiger charge is 2.25. The van der Waals surface area contributed by atoms with Gasteiger partial charge in [-0.15, -0.1) is 0 Å². The molecule has 0 radical (unpaired) electrons. The van der Waals surface area contributed by atoms with Crippen LogP contribution in [0.4, 0.5) is 0 Å². The number of thiol groups is 1. The quantitative estimate of drug-likeness (QED) is 0.753. The smallest absolute Gasteiger partial charge is 0.147 e. The van der Waals surface area contributed by atoms with Gasteiger partial charge in [-0.05, 0) is 38.5 Å². The number of Topliss-reactive ketones (excluding diaryl/α,β-unsaturated/α-hetero) is 1. The minimum absolute atomic E-state index is 0.315. The van der Waals surface area contributed by atoms with Gasteiger partial charge in [0, 0.05) is 32.6 Å². The third kappa shape index (κ3) is 5.35. The van der Waals surface area contributed by atoms with E-state index in [0.717, 1.165) is 51.9 Å². The molecule has 2 fully saturated rings. The summed E-state index contributed by atoms with van der Waals surface area (Å²) in [6.45, 7) is 4.90. The third-order valence-electron chi connectivity index (χ3n) is 4.38. The fourth-order valence-corrected chi connectivity index (χ4v) is 3.30. The Kier molecular flexibility index (Phi) is 6.81. The Hall–Kier alpha value is -0.100. The minimum Gasteiger partial charge on any atom is -0.375 e. The van der Waals surface area contributed by atoms with Gasteiger partial charge in [0.15, 0.2) is 0 Å². The molecule has 5 heteroatoms. The molecule has 0 saturated carbocycles. The molecule has 4 nitrogen and oxygen atoms in total. The Labute approximate surface area is 128 Å². The second-order valence-corrected chi connectivity index (χ2v) is 6.57. The van der Waals surface area contributed by atoms with Crippen LogP contribution in [0.1, 0.15) is 32.1 Å². The van der Waals surface area contributed by atoms with E-state index >= 15 is 0 Å². The van der Waals surface area contributed by atoms with Gasteiger partial charge in [0.25, 0.3) is 0 Å². The molecule has 0 bridgehead atoms. The van der Waals surface area contributed by atoms with Crippen LogP contribution in [0.25, 0.3) is 0 Å². The molecule has 2 rings (SSSR count). The lowest BCUT2D eigenvalue weighted by molar-refractivity contribution is -0.121. The number of nitrogens with zero attached hydrogens (tertiary/aromatic N) is 2. The molecule has 0 atom stereocenters. The second kappa shape index (κ2) is 8.37. The minimum atomic E-state index is 0.315. The summed E-state index contributed by atoms with van der Waals surface area (Å²) in [5.74, 6) is 0.976. The average Bonchev–Trinajstić information content (AvgIpc) is 2.44. The van der Waals surface area contributed by atoms with Crippen LogP contribution in [0.3, 0.4) is 0 Å². The summed E-state index contributed by atoms with van der Waals surface area (Å²) in [4.78, 5) is 16.2. The molecule has 2 saturated heterocycles. The Bertz CT molecular complexity index is 298. The van der Waals surface area contributed by atoms with Gasteiger partial charge >= 0.3 is 0 Å². The van der Waals surface area contributed by atoms with Gasteiger partial charge in [0.05, 0.1) is 18.8 Å². The van der Waals surface area contributed by atoms with Crippen LogP contribution < -0.4 is 0 Å². The first-order valence-electron chi connectivity index (χ1n) is 7.86. The summed E-state index contributed by atoms with van der Waals surface area (Å²) in [6, 6.07) is 0. The summed E-state index contributed by atoms with van der Waals surface area (Å²) in [5.41, 5.74) is 0. The van der Waals surface area contributed by atoms with E-state index in [2.05, 4.69) is 29.5 Å². The van der Waals surface area contributed by atoms with Crippen LogP contribution in [0.5, 0.6) is 0 Å². The van der Waals surface area contributed by atoms with Crippen LogP contribution in [-0.2, 0) is 9.53 Å². The highest BCUT2D eigenvalue weighted by Crippen LogP contribution is 2.20. The van der Waals surface area contributed by atoms with E-state index in [1.165, 1.54) is 0 Å². The molecule has 20 heavy (non-hydrogen) atoms. The van der Waals surface area contributed by atoms with Gasteiger partial charge in [-0.3, -0.25) is 9.69 Å². The Morgan fingerprint density at radius 1 is 1.10 bits per heavy atom. The molecular formula is C15H28N2O2S. The van der Waals surface area contributed by atoms with Crippen molar-refractivity contribution in [3.05, 3.63) is 0 Å². The maximum Gasteiger partial charge on any atom is 0.147 e. The van der Waals surface area contributed by atoms with Crippen LogP contribution in [0.15, 0.2) is 0 Å². The summed E-state index contributed by atoms with van der Waals surface area (Å²) in [7, 11) is 2.18. The first-order valence-corrected chi connectivity index (χ1v) is 8.49. The number of carbonyl (C=O) groups is 1. The molecule has 0 aliphatic carbocycles. The van der Waals surface area contributed by atoms with Crippen molar-refractivity contribution in [3.63, 3.8) is 0 Å². The van der Waals surface area contributed by atoms with E-state index in [4.69, 9.17) is 4.74 Å². The van der Waals surface area contributed by atoms with Gasteiger partial charge in [0.1, 0.15) is 5.78 Å². The van der Waals surface area contributed by atoms with Gasteiger partial charge in [-0.1, -0.05) is 0 Å². The van der Waals surface area contributed by atoms with Crippen molar-refractivity contribution in [1.29, 1.82) is 0 Å². The molecule has 0 amide bonds. The van der Waals surface area contributed by atoms with Crippen LogP contribution in [0.2, 0.25) is 0 Å². The number of hydrogen-bond donors (Lipinski definition) is 1. The summed E-state index contributed by atoms with van der Waals surface area (Å²) in [6.07, 6.45) is 5.91. The van der Waals surface area contributed by atoms with E-state index in [1.54, 1.807) is 0 Å². The maximum absolute atomic E-state index is 11.6. The Balaban J connectivity index is 1.63. The van der Waals surface area contributed by atoms with Crippen molar-refractivity contribution < 1.29 is 9.53 Å². The second-order valence-electron chi connectivity index (χ2n) is 6.13. The molecule has 0 spiro atoms. The van der Waals surface area contributed by atoms with E-state index in [0.29, 0.717) is 36.7 Å². The third-order valence-corrected chi connectivity index (χ3v) is 4.60. The van der Waals surface area contributed by atoms with Crippen molar-refractivity contribution in [1.82, 2.24) is 9.80 Å². The molecule has 0 aromatic heterocycles. The number of hydrogen-bond acceptors (Lipinski definition) is 5. The summed E-state index contributed by atoms with van der Waals surface area (Å²) >= 11 is 4.11. The molecular weight excluding hydrogens is 272 g/mol. The van der Waals surface area contributed by atoms with E-state index in [1.807, 2.05) is 0 Å². The van der Waals surface area contributed by atoms with Gasteiger partial charge in [-0.2, -0.15) is 12.6 Å². The predicted molar refractivity (Wildman–Crippen MR) is 84.5 cm³/mol. The van der Waals surface area contributed by atoms with Crippen LogP contribution >= 0.6 is 12.6 Å². The lowest BCUT2D eigenvalue weighted by Gasteiger charge is -2.36. The van der Waals surface area contributed by atoms with Crippen molar-refractivity contribution in [2.75, 3.05) is 45.5 Å². The lowest BCUT2D eigenvalue weighted by Crippen LogP contribution is -2.42. The fourth-order valence-electron chi connectivity index (χ4n) is 3.05. The average molecular weight is 300 g/mol. The van der Waals surface area contributed by atoms with Crippen LogP contribution in [-0.4, -0.2) is 73.3 Å². The monoisotopic (exact) mass is 300 g/mol. The zero-order chi connectivity index (χ0) is 14.4. The van der Waals surface area contributed by atoms with Crippen LogP contribution in [0, 0.1) is 0 Å².